The highest BCUT2D eigenvalue weighted by atomic mass is 16.1. The van der Waals surface area contributed by atoms with Crippen LogP contribution in [0.1, 0.15) is 36.0 Å². The maximum absolute atomic E-state index is 12.2. The summed E-state index contributed by atoms with van der Waals surface area (Å²) in [7, 11) is 4.16. The van der Waals surface area contributed by atoms with E-state index in [1.54, 1.807) is 18.2 Å². The van der Waals surface area contributed by atoms with Crippen LogP contribution in [0.15, 0.2) is 18.2 Å². The summed E-state index contributed by atoms with van der Waals surface area (Å²) in [6.45, 7) is 0.655. The van der Waals surface area contributed by atoms with Gasteiger partial charge in [-0.05, 0) is 45.1 Å². The molecule has 0 radical (unpaired) electrons. The van der Waals surface area contributed by atoms with Gasteiger partial charge in [-0.15, -0.1) is 0 Å². The van der Waals surface area contributed by atoms with Gasteiger partial charge in [-0.1, -0.05) is 12.8 Å². The van der Waals surface area contributed by atoms with Gasteiger partial charge in [-0.3, -0.25) is 4.79 Å². The first-order valence-corrected chi connectivity index (χ1v) is 7.05. The normalized spacial score (nSPS) is 17.4. The predicted molar refractivity (Wildman–Crippen MR) is 82.5 cm³/mol. The fourth-order valence-electron chi connectivity index (χ4n) is 2.94. The van der Waals surface area contributed by atoms with Crippen molar-refractivity contribution in [2.45, 2.75) is 31.2 Å². The van der Waals surface area contributed by atoms with Crippen LogP contribution in [0.4, 0.5) is 11.4 Å². The number of benzene rings is 1. The smallest absolute Gasteiger partial charge is 0.253 e. The van der Waals surface area contributed by atoms with E-state index >= 15 is 0 Å². The summed E-state index contributed by atoms with van der Waals surface area (Å²) in [5.41, 5.74) is 13.1. The summed E-state index contributed by atoms with van der Waals surface area (Å²) < 4.78 is 0. The fraction of sp³-hybridized carbons (Fsp3) is 0.533. The van der Waals surface area contributed by atoms with E-state index in [0.717, 1.165) is 12.8 Å². The van der Waals surface area contributed by atoms with Crippen molar-refractivity contribution < 1.29 is 4.79 Å². The maximum Gasteiger partial charge on any atom is 0.253 e. The highest BCUT2D eigenvalue weighted by Gasteiger charge is 2.36. The minimum absolute atomic E-state index is 0.0816. The minimum atomic E-state index is -0.129. The number of nitrogens with two attached hydrogens (primary N) is 2. The van der Waals surface area contributed by atoms with Gasteiger partial charge >= 0.3 is 0 Å². The first-order valence-electron chi connectivity index (χ1n) is 7.05. The molecule has 1 aliphatic carbocycles. The van der Waals surface area contributed by atoms with Gasteiger partial charge < -0.3 is 21.7 Å². The molecule has 1 aliphatic rings. The topological polar surface area (TPSA) is 84.4 Å². The SMILES string of the molecule is CN(C)C1(CNC(=O)c2ccc(N)cc2N)CCCC1. The Morgan fingerprint density at radius 2 is 1.95 bits per heavy atom. The number of anilines is 2. The van der Waals surface area contributed by atoms with Crippen molar-refractivity contribution in [3.05, 3.63) is 23.8 Å². The second-order valence-electron chi connectivity index (χ2n) is 5.86. The van der Waals surface area contributed by atoms with Crippen LogP contribution in [0.3, 0.4) is 0 Å². The second kappa shape index (κ2) is 5.71. The highest BCUT2D eigenvalue weighted by Crippen LogP contribution is 2.33. The molecule has 110 valence electrons. The number of rotatable bonds is 4. The van der Waals surface area contributed by atoms with Crippen molar-refractivity contribution >= 4 is 17.3 Å². The van der Waals surface area contributed by atoms with Crippen LogP contribution in [0.25, 0.3) is 0 Å². The van der Waals surface area contributed by atoms with Gasteiger partial charge in [0, 0.05) is 23.5 Å². The number of nitrogen functional groups attached to an aromatic ring is 2. The number of carbonyl (C=O) groups is 1. The first kappa shape index (κ1) is 14.7. The van der Waals surface area contributed by atoms with Crippen molar-refractivity contribution in [1.29, 1.82) is 0 Å². The molecule has 1 saturated carbocycles. The Bertz CT molecular complexity index is 493. The van der Waals surface area contributed by atoms with Crippen molar-refractivity contribution in [3.63, 3.8) is 0 Å². The average molecular weight is 276 g/mol. The molecule has 0 heterocycles. The Kier molecular flexibility index (Phi) is 4.18. The van der Waals surface area contributed by atoms with E-state index in [2.05, 4.69) is 24.3 Å². The number of nitrogens with one attached hydrogen (secondary N) is 1. The standard InChI is InChI=1S/C15H24N4O/c1-19(2)15(7-3-4-8-15)10-18-14(20)12-6-5-11(16)9-13(12)17/h5-6,9H,3-4,7-8,10,16-17H2,1-2H3,(H,18,20). The van der Waals surface area contributed by atoms with Gasteiger partial charge in [0.2, 0.25) is 0 Å². The molecule has 0 saturated heterocycles. The van der Waals surface area contributed by atoms with Gasteiger partial charge in [0.15, 0.2) is 0 Å². The monoisotopic (exact) mass is 276 g/mol. The number of hydrogen-bond donors (Lipinski definition) is 3. The van der Waals surface area contributed by atoms with Crippen LogP contribution in [-0.2, 0) is 0 Å². The third-order valence-electron chi connectivity index (χ3n) is 4.38. The largest absolute Gasteiger partial charge is 0.399 e. The molecular weight excluding hydrogens is 252 g/mol. The lowest BCUT2D eigenvalue weighted by molar-refractivity contribution is 0.0901. The van der Waals surface area contributed by atoms with E-state index in [-0.39, 0.29) is 11.4 Å². The van der Waals surface area contributed by atoms with Crippen LogP contribution in [-0.4, -0.2) is 37.0 Å². The molecule has 0 aromatic heterocycles. The molecule has 5 heteroatoms. The van der Waals surface area contributed by atoms with Crippen molar-refractivity contribution in [1.82, 2.24) is 10.2 Å². The van der Waals surface area contributed by atoms with Crippen molar-refractivity contribution in [3.8, 4) is 0 Å². The lowest BCUT2D eigenvalue weighted by Gasteiger charge is -2.36. The first-order chi connectivity index (χ1) is 9.44. The Balaban J connectivity index is 2.04. The molecule has 1 fully saturated rings. The molecule has 1 aromatic carbocycles. The van der Waals surface area contributed by atoms with Gasteiger partial charge in [0.25, 0.3) is 5.91 Å². The van der Waals surface area contributed by atoms with E-state index in [9.17, 15) is 4.79 Å². The Morgan fingerprint density at radius 1 is 1.30 bits per heavy atom. The van der Waals surface area contributed by atoms with Gasteiger partial charge in [-0.25, -0.2) is 0 Å². The molecule has 0 atom stereocenters. The van der Waals surface area contributed by atoms with Crippen molar-refractivity contribution in [2.75, 3.05) is 32.1 Å². The number of carbonyl (C=O) groups excluding carboxylic acids is 1. The van der Waals surface area contributed by atoms with Gasteiger partial charge in [0.1, 0.15) is 0 Å². The zero-order chi connectivity index (χ0) is 14.8. The van der Waals surface area contributed by atoms with Gasteiger partial charge in [0.05, 0.1) is 5.56 Å². The molecule has 20 heavy (non-hydrogen) atoms. The fourth-order valence-corrected chi connectivity index (χ4v) is 2.94. The molecule has 1 amide bonds. The predicted octanol–water partition coefficient (Wildman–Crippen LogP) is 1.46. The van der Waals surface area contributed by atoms with E-state index in [1.807, 2.05) is 0 Å². The average Bonchev–Trinajstić information content (AvgIpc) is 2.86. The molecule has 5 N–H and O–H groups in total. The summed E-state index contributed by atoms with van der Waals surface area (Å²) in [5, 5.41) is 3.02. The summed E-state index contributed by atoms with van der Waals surface area (Å²) in [6.07, 6.45) is 4.69. The minimum Gasteiger partial charge on any atom is -0.399 e. The van der Waals surface area contributed by atoms with E-state index < -0.39 is 0 Å². The van der Waals surface area contributed by atoms with E-state index in [4.69, 9.17) is 11.5 Å². The molecular formula is C15H24N4O. The number of hydrogen-bond acceptors (Lipinski definition) is 4. The third kappa shape index (κ3) is 2.88. The molecule has 1 aromatic rings. The zero-order valence-electron chi connectivity index (χ0n) is 12.3. The number of amides is 1. The molecule has 0 bridgehead atoms. The maximum atomic E-state index is 12.2. The zero-order valence-corrected chi connectivity index (χ0v) is 12.3. The Labute approximate surface area is 120 Å². The van der Waals surface area contributed by atoms with E-state index in [1.165, 1.54) is 12.8 Å². The molecule has 0 spiro atoms. The second-order valence-corrected chi connectivity index (χ2v) is 5.86. The summed E-state index contributed by atoms with van der Waals surface area (Å²) in [4.78, 5) is 14.5. The number of likely N-dealkylation sites (N-methyl/N-ethyl adjacent to an activating group) is 1. The Morgan fingerprint density at radius 3 is 2.50 bits per heavy atom. The van der Waals surface area contributed by atoms with Crippen LogP contribution in [0.2, 0.25) is 0 Å². The lowest BCUT2D eigenvalue weighted by atomic mass is 9.96. The lowest BCUT2D eigenvalue weighted by Crippen LogP contribution is -2.50. The van der Waals surface area contributed by atoms with Crippen LogP contribution in [0.5, 0.6) is 0 Å². The summed E-state index contributed by atoms with van der Waals surface area (Å²) >= 11 is 0. The number of nitrogens with zero attached hydrogens (tertiary/aromatic N) is 1. The molecule has 5 nitrogen and oxygen atoms in total. The summed E-state index contributed by atoms with van der Waals surface area (Å²) in [5.74, 6) is -0.129. The molecule has 0 unspecified atom stereocenters. The third-order valence-corrected chi connectivity index (χ3v) is 4.38. The highest BCUT2D eigenvalue weighted by molar-refractivity contribution is 5.99. The Hall–Kier alpha value is -1.75. The quantitative estimate of drug-likeness (QED) is 0.727. The van der Waals surface area contributed by atoms with Gasteiger partial charge in [-0.2, -0.15) is 0 Å². The van der Waals surface area contributed by atoms with Crippen LogP contribution in [0, 0.1) is 0 Å². The van der Waals surface area contributed by atoms with Crippen LogP contribution < -0.4 is 16.8 Å². The van der Waals surface area contributed by atoms with Crippen molar-refractivity contribution in [2.24, 2.45) is 0 Å². The van der Waals surface area contributed by atoms with Crippen LogP contribution >= 0.6 is 0 Å². The molecule has 0 aliphatic heterocycles. The molecule has 2 rings (SSSR count). The van der Waals surface area contributed by atoms with E-state index in [0.29, 0.717) is 23.5 Å². The summed E-state index contributed by atoms with van der Waals surface area (Å²) in [6, 6.07) is 4.99.